The number of rotatable bonds is 7. The Kier molecular flexibility index (Phi) is 7.75. The van der Waals surface area contributed by atoms with Crippen LogP contribution in [-0.2, 0) is 19.1 Å². The molecule has 200 valence electrons. The van der Waals surface area contributed by atoms with Crippen molar-refractivity contribution in [1.29, 1.82) is 0 Å². The number of methoxy groups -OCH3 is 4. The Morgan fingerprint density at radius 3 is 2.08 bits per heavy atom. The molecule has 0 saturated heterocycles. The SMILES string of the molecule is COC(=O)C1=C(C)NC2=C(C(=O)C[C@@H](c3ccc(OC)c(OC)c3)C2)[C@H]1c1ccc(OC(C)=O)c(OC)c1. The summed E-state index contributed by atoms with van der Waals surface area (Å²) in [4.78, 5) is 38.2. The second kappa shape index (κ2) is 11.0. The molecule has 0 spiro atoms. The normalized spacial score (nSPS) is 18.8. The summed E-state index contributed by atoms with van der Waals surface area (Å²) < 4.78 is 26.6. The summed E-state index contributed by atoms with van der Waals surface area (Å²) in [6.45, 7) is 3.09. The standard InChI is InChI=1S/C29H31NO8/c1-15-26(29(33)37-6)27(18-8-10-23(38-16(2)31)25(14-18)36-5)28-20(30-15)11-19(12-21(28)32)17-7-9-22(34-3)24(13-17)35-4/h7-10,13-14,19,27,30H,11-12H2,1-6H3/t19-,27-/m0/s1. The van der Waals surface area contributed by atoms with E-state index < -0.39 is 17.9 Å². The zero-order valence-corrected chi connectivity index (χ0v) is 22.3. The van der Waals surface area contributed by atoms with Crippen molar-refractivity contribution < 1.29 is 38.1 Å². The quantitative estimate of drug-likeness (QED) is 0.424. The summed E-state index contributed by atoms with van der Waals surface area (Å²) >= 11 is 0. The minimum absolute atomic E-state index is 0.0829. The topological polar surface area (TPSA) is 109 Å². The van der Waals surface area contributed by atoms with Crippen LogP contribution in [-0.4, -0.2) is 46.2 Å². The number of nitrogens with one attached hydrogen (secondary N) is 1. The fourth-order valence-corrected chi connectivity index (χ4v) is 5.20. The van der Waals surface area contributed by atoms with Gasteiger partial charge in [-0.05, 0) is 54.7 Å². The number of benzene rings is 2. The molecule has 2 aromatic rings. The van der Waals surface area contributed by atoms with Crippen LogP contribution in [0.3, 0.4) is 0 Å². The van der Waals surface area contributed by atoms with Crippen LogP contribution in [0.25, 0.3) is 0 Å². The molecule has 2 atom stereocenters. The number of allylic oxidation sites excluding steroid dienone is 3. The second-order valence-electron chi connectivity index (χ2n) is 9.13. The highest BCUT2D eigenvalue weighted by Crippen LogP contribution is 2.47. The average Bonchev–Trinajstić information content (AvgIpc) is 2.91. The minimum Gasteiger partial charge on any atom is -0.493 e. The molecular weight excluding hydrogens is 490 g/mol. The lowest BCUT2D eigenvalue weighted by molar-refractivity contribution is -0.136. The summed E-state index contributed by atoms with van der Waals surface area (Å²) in [5, 5.41) is 3.31. The molecule has 1 aliphatic carbocycles. The molecule has 9 heteroatoms. The average molecular weight is 522 g/mol. The van der Waals surface area contributed by atoms with Gasteiger partial charge in [0.1, 0.15) is 0 Å². The molecule has 4 rings (SSSR count). The van der Waals surface area contributed by atoms with Gasteiger partial charge < -0.3 is 29.0 Å². The number of carbonyl (C=O) groups excluding carboxylic acids is 3. The molecule has 0 saturated carbocycles. The Hall–Kier alpha value is -4.27. The Labute approximate surface area is 221 Å². The van der Waals surface area contributed by atoms with Gasteiger partial charge in [0.15, 0.2) is 28.8 Å². The van der Waals surface area contributed by atoms with Gasteiger partial charge in [0.2, 0.25) is 0 Å². The van der Waals surface area contributed by atoms with E-state index in [0.717, 1.165) is 11.3 Å². The third kappa shape index (κ3) is 4.96. The fourth-order valence-electron chi connectivity index (χ4n) is 5.20. The number of carbonyl (C=O) groups is 3. The summed E-state index contributed by atoms with van der Waals surface area (Å²) in [5.41, 5.74) is 3.79. The van der Waals surface area contributed by atoms with Crippen molar-refractivity contribution in [3.8, 4) is 23.0 Å². The van der Waals surface area contributed by atoms with Crippen LogP contribution in [0, 0.1) is 0 Å². The van der Waals surface area contributed by atoms with Gasteiger partial charge >= 0.3 is 11.9 Å². The lowest BCUT2D eigenvalue weighted by atomic mass is 9.71. The maximum Gasteiger partial charge on any atom is 0.336 e. The summed E-state index contributed by atoms with van der Waals surface area (Å²) in [6.07, 6.45) is 0.810. The van der Waals surface area contributed by atoms with Crippen molar-refractivity contribution in [2.75, 3.05) is 28.4 Å². The van der Waals surface area contributed by atoms with Crippen molar-refractivity contribution in [1.82, 2.24) is 5.32 Å². The van der Waals surface area contributed by atoms with E-state index in [9.17, 15) is 14.4 Å². The minimum atomic E-state index is -0.683. The van der Waals surface area contributed by atoms with Crippen LogP contribution in [0.1, 0.15) is 49.7 Å². The summed E-state index contributed by atoms with van der Waals surface area (Å²) in [7, 11) is 5.92. The van der Waals surface area contributed by atoms with Gasteiger partial charge in [-0.15, -0.1) is 0 Å². The Bertz CT molecular complexity index is 1360. The molecule has 2 aliphatic rings. The van der Waals surface area contributed by atoms with Crippen LogP contribution in [0.4, 0.5) is 0 Å². The van der Waals surface area contributed by atoms with Crippen molar-refractivity contribution in [3.63, 3.8) is 0 Å². The molecule has 38 heavy (non-hydrogen) atoms. The predicted octanol–water partition coefficient (Wildman–Crippen LogP) is 4.17. The Morgan fingerprint density at radius 2 is 1.45 bits per heavy atom. The summed E-state index contributed by atoms with van der Waals surface area (Å²) in [6, 6.07) is 10.7. The van der Waals surface area contributed by atoms with E-state index in [2.05, 4.69) is 5.32 Å². The lowest BCUT2D eigenvalue weighted by Gasteiger charge is -2.36. The molecule has 0 radical (unpaired) electrons. The van der Waals surface area contributed by atoms with Crippen LogP contribution in [0.2, 0.25) is 0 Å². The number of Topliss-reactive ketones (excluding diaryl/α,β-unsaturated/α-hetero) is 1. The van der Waals surface area contributed by atoms with Gasteiger partial charge in [-0.3, -0.25) is 9.59 Å². The molecule has 0 bridgehead atoms. The molecule has 2 aromatic carbocycles. The first kappa shape index (κ1) is 26.8. The smallest absolute Gasteiger partial charge is 0.336 e. The monoisotopic (exact) mass is 521 g/mol. The van der Waals surface area contributed by atoms with Gasteiger partial charge in [0.25, 0.3) is 0 Å². The number of ether oxygens (including phenoxy) is 5. The fraction of sp³-hybridized carbons (Fsp3) is 0.345. The van der Waals surface area contributed by atoms with Crippen molar-refractivity contribution >= 4 is 17.7 Å². The van der Waals surface area contributed by atoms with E-state index in [0.29, 0.717) is 46.1 Å². The van der Waals surface area contributed by atoms with Gasteiger partial charge in [-0.1, -0.05) is 12.1 Å². The Balaban J connectivity index is 1.80. The first-order valence-electron chi connectivity index (χ1n) is 12.1. The number of ketones is 1. The van der Waals surface area contributed by atoms with Gasteiger partial charge in [-0.2, -0.15) is 0 Å². The zero-order chi connectivity index (χ0) is 27.6. The molecule has 1 heterocycles. The van der Waals surface area contributed by atoms with E-state index in [1.165, 1.54) is 21.1 Å². The predicted molar refractivity (Wildman–Crippen MR) is 138 cm³/mol. The third-order valence-electron chi connectivity index (χ3n) is 6.89. The van der Waals surface area contributed by atoms with Crippen LogP contribution >= 0.6 is 0 Å². The number of dihydropyridines is 1. The second-order valence-corrected chi connectivity index (χ2v) is 9.13. The van der Waals surface area contributed by atoms with E-state index in [1.54, 1.807) is 39.3 Å². The van der Waals surface area contributed by atoms with Gasteiger partial charge in [0.05, 0.1) is 34.0 Å². The van der Waals surface area contributed by atoms with E-state index in [1.807, 2.05) is 18.2 Å². The van der Waals surface area contributed by atoms with E-state index in [-0.39, 0.29) is 23.9 Å². The highest BCUT2D eigenvalue weighted by molar-refractivity contribution is 6.04. The summed E-state index contributed by atoms with van der Waals surface area (Å²) in [5.74, 6) is -0.122. The number of esters is 2. The first-order chi connectivity index (χ1) is 18.2. The van der Waals surface area contributed by atoms with Crippen LogP contribution in [0.5, 0.6) is 23.0 Å². The molecule has 1 aliphatic heterocycles. The maximum atomic E-state index is 13.8. The molecule has 0 unspecified atom stereocenters. The molecule has 9 nitrogen and oxygen atoms in total. The van der Waals surface area contributed by atoms with Gasteiger partial charge in [-0.25, -0.2) is 4.79 Å². The molecule has 1 N–H and O–H groups in total. The molecular formula is C29H31NO8. The first-order valence-corrected chi connectivity index (χ1v) is 12.1. The van der Waals surface area contributed by atoms with Crippen molar-refractivity contribution in [2.24, 2.45) is 0 Å². The Morgan fingerprint density at radius 1 is 0.842 bits per heavy atom. The zero-order valence-electron chi connectivity index (χ0n) is 22.3. The largest absolute Gasteiger partial charge is 0.493 e. The molecule has 0 aromatic heterocycles. The maximum absolute atomic E-state index is 13.8. The number of hydrogen-bond donors (Lipinski definition) is 1. The highest BCUT2D eigenvalue weighted by atomic mass is 16.6. The van der Waals surface area contributed by atoms with Gasteiger partial charge in [0, 0.05) is 36.2 Å². The van der Waals surface area contributed by atoms with E-state index >= 15 is 0 Å². The van der Waals surface area contributed by atoms with Crippen LogP contribution < -0.4 is 24.3 Å². The molecule has 0 amide bonds. The lowest BCUT2D eigenvalue weighted by Crippen LogP contribution is -2.36. The van der Waals surface area contributed by atoms with Crippen molar-refractivity contribution in [2.45, 2.75) is 38.5 Å². The molecule has 0 fully saturated rings. The van der Waals surface area contributed by atoms with Crippen molar-refractivity contribution in [3.05, 3.63) is 70.1 Å². The number of hydrogen-bond acceptors (Lipinski definition) is 9. The highest BCUT2D eigenvalue weighted by Gasteiger charge is 2.41. The van der Waals surface area contributed by atoms with E-state index in [4.69, 9.17) is 23.7 Å². The van der Waals surface area contributed by atoms with Crippen LogP contribution in [0.15, 0.2) is 58.9 Å². The third-order valence-corrected chi connectivity index (χ3v) is 6.89.